The molecule has 1 aromatic heterocycles. The van der Waals surface area contributed by atoms with E-state index in [2.05, 4.69) is 40.7 Å². The van der Waals surface area contributed by atoms with Crippen LogP contribution in [0.15, 0.2) is 66.9 Å². The van der Waals surface area contributed by atoms with Gasteiger partial charge in [0.25, 0.3) is 5.91 Å². The van der Waals surface area contributed by atoms with Crippen molar-refractivity contribution in [3.8, 4) is 5.75 Å². The zero-order valence-electron chi connectivity index (χ0n) is 15.4. The number of aryl methyl sites for hydroxylation is 1. The molecule has 4 rings (SSSR count). The maximum Gasteiger partial charge on any atom is 0.260 e. The standard InChI is InChI=1S/C22H23N3O2/c1-17-12-23-22(25(17)13-18-8-4-2-5-9-18)19-14-24(15-19)21(26)16-27-20-10-6-3-7-11-20/h2-12,19H,13-16H2,1H3. The number of amides is 1. The summed E-state index contributed by atoms with van der Waals surface area (Å²) >= 11 is 0. The summed E-state index contributed by atoms with van der Waals surface area (Å²) in [6.07, 6.45) is 1.92. The molecule has 1 saturated heterocycles. The Morgan fingerprint density at radius 1 is 1.07 bits per heavy atom. The maximum atomic E-state index is 12.3. The van der Waals surface area contributed by atoms with Crippen molar-refractivity contribution < 1.29 is 9.53 Å². The molecule has 5 heteroatoms. The number of carbonyl (C=O) groups excluding carboxylic acids is 1. The van der Waals surface area contributed by atoms with Gasteiger partial charge in [-0.25, -0.2) is 4.98 Å². The van der Waals surface area contributed by atoms with Crippen LogP contribution in [0.3, 0.4) is 0 Å². The number of carbonyl (C=O) groups is 1. The van der Waals surface area contributed by atoms with E-state index in [4.69, 9.17) is 4.74 Å². The Balaban J connectivity index is 1.35. The summed E-state index contributed by atoms with van der Waals surface area (Å²) in [5, 5.41) is 0. The van der Waals surface area contributed by atoms with Gasteiger partial charge < -0.3 is 14.2 Å². The molecule has 0 spiro atoms. The van der Waals surface area contributed by atoms with Crippen LogP contribution in [-0.2, 0) is 11.3 Å². The summed E-state index contributed by atoms with van der Waals surface area (Å²) in [6.45, 7) is 4.36. The van der Waals surface area contributed by atoms with Crippen LogP contribution in [0, 0.1) is 6.92 Å². The van der Waals surface area contributed by atoms with Gasteiger partial charge in [0.15, 0.2) is 6.61 Å². The van der Waals surface area contributed by atoms with E-state index in [-0.39, 0.29) is 18.4 Å². The fraction of sp³-hybridized carbons (Fsp3) is 0.273. The van der Waals surface area contributed by atoms with Crippen molar-refractivity contribution in [2.45, 2.75) is 19.4 Å². The Kier molecular flexibility index (Phi) is 4.92. The molecule has 0 bridgehead atoms. The Hall–Kier alpha value is -3.08. The Labute approximate surface area is 159 Å². The SMILES string of the molecule is Cc1cnc(C2CN(C(=O)COc3ccccc3)C2)n1Cc1ccccc1. The van der Waals surface area contributed by atoms with Crippen LogP contribution in [0.2, 0.25) is 0 Å². The third-order valence-electron chi connectivity index (χ3n) is 4.97. The van der Waals surface area contributed by atoms with Crippen molar-refractivity contribution in [3.63, 3.8) is 0 Å². The summed E-state index contributed by atoms with van der Waals surface area (Å²) < 4.78 is 7.81. The zero-order chi connectivity index (χ0) is 18.6. The molecular formula is C22H23N3O2. The number of hydrogen-bond acceptors (Lipinski definition) is 3. The first kappa shape index (κ1) is 17.3. The van der Waals surface area contributed by atoms with Crippen LogP contribution in [0.5, 0.6) is 5.75 Å². The number of aromatic nitrogens is 2. The Morgan fingerprint density at radius 3 is 2.44 bits per heavy atom. The van der Waals surface area contributed by atoms with Crippen molar-refractivity contribution in [1.29, 1.82) is 0 Å². The first-order valence-electron chi connectivity index (χ1n) is 9.22. The number of imidazole rings is 1. The quantitative estimate of drug-likeness (QED) is 0.677. The molecule has 0 atom stereocenters. The topological polar surface area (TPSA) is 47.4 Å². The van der Waals surface area contributed by atoms with Crippen LogP contribution in [0.4, 0.5) is 0 Å². The molecule has 0 radical (unpaired) electrons. The number of benzene rings is 2. The molecule has 0 unspecified atom stereocenters. The predicted molar refractivity (Wildman–Crippen MR) is 104 cm³/mol. The van der Waals surface area contributed by atoms with Crippen molar-refractivity contribution >= 4 is 5.91 Å². The lowest BCUT2D eigenvalue weighted by Gasteiger charge is -2.39. The van der Waals surface area contributed by atoms with Gasteiger partial charge in [-0.2, -0.15) is 0 Å². The number of hydrogen-bond donors (Lipinski definition) is 0. The summed E-state index contributed by atoms with van der Waals surface area (Å²) in [5.41, 5.74) is 2.40. The minimum atomic E-state index is 0.0213. The molecule has 27 heavy (non-hydrogen) atoms. The second kappa shape index (κ2) is 7.66. The van der Waals surface area contributed by atoms with Gasteiger partial charge >= 0.3 is 0 Å². The molecular weight excluding hydrogens is 338 g/mol. The molecule has 0 aliphatic carbocycles. The van der Waals surface area contributed by atoms with Gasteiger partial charge in [0.2, 0.25) is 0 Å². The van der Waals surface area contributed by atoms with E-state index >= 15 is 0 Å². The Bertz CT molecular complexity index is 900. The van der Waals surface area contributed by atoms with Gasteiger partial charge in [0.05, 0.1) is 5.92 Å². The van der Waals surface area contributed by atoms with Crippen molar-refractivity contribution in [2.75, 3.05) is 19.7 Å². The molecule has 0 saturated carbocycles. The number of para-hydroxylation sites is 1. The van der Waals surface area contributed by atoms with Gasteiger partial charge in [0, 0.05) is 31.5 Å². The van der Waals surface area contributed by atoms with Crippen LogP contribution in [-0.4, -0.2) is 40.1 Å². The van der Waals surface area contributed by atoms with E-state index in [0.717, 1.165) is 23.8 Å². The highest BCUT2D eigenvalue weighted by Gasteiger charge is 2.34. The van der Waals surface area contributed by atoms with Crippen LogP contribution >= 0.6 is 0 Å². The third-order valence-corrected chi connectivity index (χ3v) is 4.97. The zero-order valence-corrected chi connectivity index (χ0v) is 15.4. The van der Waals surface area contributed by atoms with E-state index in [1.54, 1.807) is 0 Å². The minimum absolute atomic E-state index is 0.0213. The summed E-state index contributed by atoms with van der Waals surface area (Å²) in [4.78, 5) is 18.8. The number of likely N-dealkylation sites (tertiary alicyclic amines) is 1. The van der Waals surface area contributed by atoms with Gasteiger partial charge in [-0.1, -0.05) is 48.5 Å². The normalized spacial score (nSPS) is 14.0. The fourth-order valence-electron chi connectivity index (χ4n) is 3.38. The number of rotatable bonds is 6. The van der Waals surface area contributed by atoms with Crippen molar-refractivity contribution in [1.82, 2.24) is 14.5 Å². The second-order valence-corrected chi connectivity index (χ2v) is 6.93. The third kappa shape index (κ3) is 3.87. The summed E-state index contributed by atoms with van der Waals surface area (Å²) in [5.74, 6) is 2.08. The van der Waals surface area contributed by atoms with Crippen LogP contribution in [0.1, 0.15) is 23.0 Å². The smallest absolute Gasteiger partial charge is 0.260 e. The van der Waals surface area contributed by atoms with Crippen molar-refractivity contribution in [2.24, 2.45) is 0 Å². The predicted octanol–water partition coefficient (Wildman–Crippen LogP) is 3.24. The monoisotopic (exact) mass is 361 g/mol. The lowest BCUT2D eigenvalue weighted by Crippen LogP contribution is -2.51. The average Bonchev–Trinajstić information content (AvgIpc) is 3.01. The minimum Gasteiger partial charge on any atom is -0.484 e. The summed E-state index contributed by atoms with van der Waals surface area (Å²) in [6, 6.07) is 19.8. The Morgan fingerprint density at radius 2 is 1.74 bits per heavy atom. The molecule has 1 aliphatic heterocycles. The van der Waals surface area contributed by atoms with Gasteiger partial charge in [-0.15, -0.1) is 0 Å². The largest absolute Gasteiger partial charge is 0.484 e. The first-order valence-corrected chi connectivity index (χ1v) is 9.22. The lowest BCUT2D eigenvalue weighted by molar-refractivity contribution is -0.138. The van der Waals surface area contributed by atoms with Crippen molar-refractivity contribution in [3.05, 3.63) is 83.9 Å². The first-order chi connectivity index (χ1) is 13.2. The number of nitrogens with zero attached hydrogens (tertiary/aromatic N) is 3. The number of ether oxygens (including phenoxy) is 1. The van der Waals surface area contributed by atoms with Gasteiger partial charge in [-0.3, -0.25) is 4.79 Å². The highest BCUT2D eigenvalue weighted by molar-refractivity contribution is 5.78. The molecule has 2 aromatic carbocycles. The molecule has 138 valence electrons. The highest BCUT2D eigenvalue weighted by Crippen LogP contribution is 2.27. The van der Waals surface area contributed by atoms with E-state index in [9.17, 15) is 4.79 Å². The van der Waals surface area contributed by atoms with Crippen LogP contribution < -0.4 is 4.74 Å². The van der Waals surface area contributed by atoms with E-state index in [1.165, 1.54) is 5.56 Å². The molecule has 0 N–H and O–H groups in total. The average molecular weight is 361 g/mol. The van der Waals surface area contributed by atoms with Gasteiger partial charge in [-0.05, 0) is 24.6 Å². The van der Waals surface area contributed by atoms with E-state index < -0.39 is 0 Å². The fourth-order valence-corrected chi connectivity index (χ4v) is 3.38. The molecule has 3 aromatic rings. The molecule has 1 aliphatic rings. The maximum absolute atomic E-state index is 12.3. The van der Waals surface area contributed by atoms with Crippen LogP contribution in [0.25, 0.3) is 0 Å². The van der Waals surface area contributed by atoms with E-state index in [1.807, 2.05) is 47.5 Å². The molecule has 5 nitrogen and oxygen atoms in total. The molecule has 1 fully saturated rings. The van der Waals surface area contributed by atoms with Gasteiger partial charge in [0.1, 0.15) is 11.6 Å². The lowest BCUT2D eigenvalue weighted by atomic mass is 9.99. The highest BCUT2D eigenvalue weighted by atomic mass is 16.5. The van der Waals surface area contributed by atoms with E-state index in [0.29, 0.717) is 13.1 Å². The molecule has 2 heterocycles. The molecule has 1 amide bonds. The second-order valence-electron chi connectivity index (χ2n) is 6.93. The summed E-state index contributed by atoms with van der Waals surface area (Å²) in [7, 11) is 0.